The molecular weight excluding hydrogens is 167 g/mol. The summed E-state index contributed by atoms with van der Waals surface area (Å²) in [4.78, 5) is 0. The lowest BCUT2D eigenvalue weighted by atomic mass is 10.4. The molecule has 1 aromatic rings. The van der Waals surface area contributed by atoms with Crippen LogP contribution in [0.4, 0.5) is 0 Å². The highest BCUT2D eigenvalue weighted by atomic mass is 35.7. The van der Waals surface area contributed by atoms with Crippen LogP contribution in [-0.2, 0) is 4.52 Å². The van der Waals surface area contributed by atoms with E-state index in [2.05, 4.69) is 0 Å². The van der Waals surface area contributed by atoms with Crippen molar-refractivity contribution in [3.63, 3.8) is 0 Å². The summed E-state index contributed by atoms with van der Waals surface area (Å²) in [7, 11) is 0.716. The minimum atomic E-state index is -0.901. The van der Waals surface area contributed by atoms with Crippen LogP contribution in [0.25, 0.3) is 0 Å². The second kappa shape index (κ2) is 3.92. The zero-order valence-electron chi connectivity index (χ0n) is 5.62. The molecule has 1 aromatic carbocycles. The Morgan fingerprint density at radius 1 is 1.30 bits per heavy atom. The molecule has 0 amide bonds. The van der Waals surface area contributed by atoms with Gasteiger partial charge in [-0.05, 0) is 0 Å². The van der Waals surface area contributed by atoms with Crippen LogP contribution in [0.1, 0.15) is 0 Å². The maximum atomic E-state index is 5.83. The molecule has 0 aliphatic rings. The number of benzene rings is 1. The molecule has 1 atom stereocenters. The lowest BCUT2D eigenvalue weighted by molar-refractivity contribution is 0.477. The predicted molar refractivity (Wildman–Crippen MR) is 45.9 cm³/mol. The fraction of sp³-hybridized carbons (Fsp3) is 0.143. The number of halogens is 1. The van der Waals surface area contributed by atoms with Gasteiger partial charge in [0.25, 0.3) is 0 Å². The zero-order chi connectivity index (χ0) is 7.40. The van der Waals surface area contributed by atoms with E-state index < -0.39 is 7.50 Å². The largest absolute Gasteiger partial charge is 0.343 e. The predicted octanol–water partition coefficient (Wildman–Crippen LogP) is 2.51. The standard InChI is InChI=1S/C7H8ClOP/c1-9-10(8)7-5-3-2-4-6-7/h2-6H,1H3. The van der Waals surface area contributed by atoms with Crippen LogP contribution in [0, 0.1) is 0 Å². The van der Waals surface area contributed by atoms with E-state index in [-0.39, 0.29) is 0 Å². The summed E-state index contributed by atoms with van der Waals surface area (Å²) >= 11 is 5.83. The highest BCUT2D eigenvalue weighted by Gasteiger charge is 2.03. The van der Waals surface area contributed by atoms with Crippen molar-refractivity contribution >= 4 is 24.0 Å². The molecule has 0 radical (unpaired) electrons. The second-order valence-electron chi connectivity index (χ2n) is 1.76. The molecule has 0 aliphatic heterocycles. The number of hydrogen-bond donors (Lipinski definition) is 0. The van der Waals surface area contributed by atoms with Gasteiger partial charge in [-0.3, -0.25) is 0 Å². The first kappa shape index (κ1) is 8.00. The topological polar surface area (TPSA) is 9.23 Å². The lowest BCUT2D eigenvalue weighted by Gasteiger charge is -2.04. The Bertz CT molecular complexity index is 190. The molecule has 0 saturated carbocycles. The third-order valence-electron chi connectivity index (χ3n) is 1.12. The average molecular weight is 175 g/mol. The van der Waals surface area contributed by atoms with Gasteiger partial charge in [0.15, 0.2) is 7.50 Å². The van der Waals surface area contributed by atoms with E-state index in [1.165, 1.54) is 0 Å². The zero-order valence-corrected chi connectivity index (χ0v) is 7.27. The highest BCUT2D eigenvalue weighted by Crippen LogP contribution is 2.39. The Kier molecular flexibility index (Phi) is 3.14. The van der Waals surface area contributed by atoms with Crippen molar-refractivity contribution in [3.8, 4) is 0 Å². The summed E-state index contributed by atoms with van der Waals surface area (Å²) < 4.78 is 4.97. The summed E-state index contributed by atoms with van der Waals surface area (Å²) in [5, 5.41) is 1.06. The van der Waals surface area contributed by atoms with Crippen LogP contribution < -0.4 is 5.30 Å². The molecular formula is C7H8ClOP. The van der Waals surface area contributed by atoms with Crippen LogP contribution in [0.2, 0.25) is 0 Å². The Morgan fingerprint density at radius 3 is 2.40 bits per heavy atom. The molecule has 0 spiro atoms. The molecule has 54 valence electrons. The van der Waals surface area contributed by atoms with E-state index in [1.54, 1.807) is 7.11 Å². The van der Waals surface area contributed by atoms with E-state index in [1.807, 2.05) is 30.3 Å². The average Bonchev–Trinajstić information content (AvgIpc) is 2.05. The molecule has 1 rings (SSSR count). The maximum absolute atomic E-state index is 5.83. The van der Waals surface area contributed by atoms with Gasteiger partial charge in [0, 0.05) is 12.4 Å². The lowest BCUT2D eigenvalue weighted by Crippen LogP contribution is -1.95. The summed E-state index contributed by atoms with van der Waals surface area (Å²) in [6.07, 6.45) is 0. The maximum Gasteiger partial charge on any atom is 0.157 e. The number of hydrogen-bond acceptors (Lipinski definition) is 1. The molecule has 10 heavy (non-hydrogen) atoms. The van der Waals surface area contributed by atoms with Crippen LogP contribution in [0.5, 0.6) is 0 Å². The Morgan fingerprint density at radius 2 is 1.90 bits per heavy atom. The van der Waals surface area contributed by atoms with E-state index >= 15 is 0 Å². The Balaban J connectivity index is 2.75. The molecule has 0 bridgehead atoms. The van der Waals surface area contributed by atoms with Gasteiger partial charge in [-0.25, -0.2) is 0 Å². The van der Waals surface area contributed by atoms with E-state index in [9.17, 15) is 0 Å². The van der Waals surface area contributed by atoms with Gasteiger partial charge in [0.1, 0.15) is 0 Å². The van der Waals surface area contributed by atoms with Crippen molar-refractivity contribution in [3.05, 3.63) is 30.3 Å². The minimum Gasteiger partial charge on any atom is -0.343 e. The molecule has 0 heterocycles. The Labute approximate surface area is 66.6 Å². The van der Waals surface area contributed by atoms with E-state index in [0.717, 1.165) is 5.30 Å². The summed E-state index contributed by atoms with van der Waals surface area (Å²) in [6, 6.07) is 9.78. The van der Waals surface area contributed by atoms with Crippen molar-refractivity contribution in [2.45, 2.75) is 0 Å². The van der Waals surface area contributed by atoms with Crippen molar-refractivity contribution < 1.29 is 4.52 Å². The van der Waals surface area contributed by atoms with Gasteiger partial charge in [-0.1, -0.05) is 41.6 Å². The van der Waals surface area contributed by atoms with E-state index in [4.69, 9.17) is 15.8 Å². The van der Waals surface area contributed by atoms with Crippen LogP contribution >= 0.6 is 18.7 Å². The van der Waals surface area contributed by atoms with Gasteiger partial charge in [-0.2, -0.15) is 0 Å². The smallest absolute Gasteiger partial charge is 0.157 e. The molecule has 0 aliphatic carbocycles. The normalized spacial score (nSPS) is 13.0. The summed E-state index contributed by atoms with van der Waals surface area (Å²) in [6.45, 7) is 0. The Hall–Kier alpha value is -0.100. The van der Waals surface area contributed by atoms with E-state index in [0.29, 0.717) is 0 Å². The molecule has 1 nitrogen and oxygen atoms in total. The fourth-order valence-corrected chi connectivity index (χ4v) is 1.61. The molecule has 0 aromatic heterocycles. The van der Waals surface area contributed by atoms with Crippen LogP contribution in [-0.4, -0.2) is 7.11 Å². The van der Waals surface area contributed by atoms with Gasteiger partial charge in [-0.15, -0.1) is 0 Å². The van der Waals surface area contributed by atoms with Crippen LogP contribution in [0.15, 0.2) is 30.3 Å². The third-order valence-corrected chi connectivity index (χ3v) is 3.14. The first-order valence-corrected chi connectivity index (χ1v) is 5.06. The SMILES string of the molecule is COP(Cl)c1ccccc1. The highest BCUT2D eigenvalue weighted by molar-refractivity contribution is 7.86. The fourth-order valence-electron chi connectivity index (χ4n) is 0.651. The van der Waals surface area contributed by atoms with Gasteiger partial charge < -0.3 is 4.52 Å². The monoisotopic (exact) mass is 174 g/mol. The summed E-state index contributed by atoms with van der Waals surface area (Å²) in [5.41, 5.74) is 0. The minimum absolute atomic E-state index is 0.901. The molecule has 0 saturated heterocycles. The van der Waals surface area contributed by atoms with Crippen molar-refractivity contribution in [2.75, 3.05) is 7.11 Å². The first-order chi connectivity index (χ1) is 4.84. The quantitative estimate of drug-likeness (QED) is 0.626. The second-order valence-corrected chi connectivity index (χ2v) is 4.06. The molecule has 1 unspecified atom stereocenters. The molecule has 0 fully saturated rings. The van der Waals surface area contributed by atoms with Crippen molar-refractivity contribution in [1.82, 2.24) is 0 Å². The van der Waals surface area contributed by atoms with Gasteiger partial charge in [0.05, 0.1) is 0 Å². The van der Waals surface area contributed by atoms with Crippen LogP contribution in [0.3, 0.4) is 0 Å². The van der Waals surface area contributed by atoms with Gasteiger partial charge >= 0.3 is 0 Å². The van der Waals surface area contributed by atoms with Crippen molar-refractivity contribution in [2.24, 2.45) is 0 Å². The molecule has 3 heteroatoms. The number of rotatable bonds is 2. The van der Waals surface area contributed by atoms with Crippen molar-refractivity contribution in [1.29, 1.82) is 0 Å². The molecule has 0 N–H and O–H groups in total. The first-order valence-electron chi connectivity index (χ1n) is 2.89. The summed E-state index contributed by atoms with van der Waals surface area (Å²) in [5.74, 6) is 0. The third kappa shape index (κ3) is 1.95. The van der Waals surface area contributed by atoms with Gasteiger partial charge in [0.2, 0.25) is 0 Å².